The molecule has 2 aromatic rings. The molecule has 2 aromatic carbocycles. The lowest BCUT2D eigenvalue weighted by Crippen LogP contribution is -2.33. The Morgan fingerprint density at radius 2 is 1.72 bits per heavy atom. The number of likely N-dealkylation sites (tertiary alicyclic amines) is 1. The molecular formula is C23H28Cl2N2O2. The first-order valence-corrected chi connectivity index (χ1v) is 10.5. The van der Waals surface area contributed by atoms with Crippen LogP contribution < -0.4 is 10.1 Å². The van der Waals surface area contributed by atoms with Gasteiger partial charge in [-0.25, -0.2) is 0 Å². The predicted octanol–water partition coefficient (Wildman–Crippen LogP) is 4.34. The summed E-state index contributed by atoms with van der Waals surface area (Å²) >= 11 is 5.92. The molecule has 2 heterocycles. The van der Waals surface area contributed by atoms with E-state index < -0.39 is 0 Å². The van der Waals surface area contributed by atoms with Gasteiger partial charge in [-0.3, -0.25) is 4.79 Å². The van der Waals surface area contributed by atoms with Crippen LogP contribution in [0.15, 0.2) is 48.5 Å². The predicted molar refractivity (Wildman–Crippen MR) is 119 cm³/mol. The lowest BCUT2D eigenvalue weighted by Gasteiger charge is -2.21. The van der Waals surface area contributed by atoms with E-state index in [0.29, 0.717) is 13.0 Å². The van der Waals surface area contributed by atoms with E-state index in [1.54, 1.807) is 0 Å². The fourth-order valence-corrected chi connectivity index (χ4v) is 4.37. The van der Waals surface area contributed by atoms with Gasteiger partial charge in [-0.05, 0) is 73.2 Å². The van der Waals surface area contributed by atoms with Crippen molar-refractivity contribution >= 4 is 29.9 Å². The molecular weight excluding hydrogens is 407 g/mol. The highest BCUT2D eigenvalue weighted by molar-refractivity contribution is 6.30. The summed E-state index contributed by atoms with van der Waals surface area (Å²) in [6.45, 7) is 4.47. The van der Waals surface area contributed by atoms with Crippen LogP contribution in [0.5, 0.6) is 5.75 Å². The molecule has 4 rings (SSSR count). The van der Waals surface area contributed by atoms with Gasteiger partial charge in [-0.15, -0.1) is 12.4 Å². The van der Waals surface area contributed by atoms with Crippen molar-refractivity contribution in [2.24, 2.45) is 11.8 Å². The number of rotatable bonds is 5. The first kappa shape index (κ1) is 21.9. The van der Waals surface area contributed by atoms with Gasteiger partial charge in [0, 0.05) is 18.1 Å². The first-order chi connectivity index (χ1) is 13.7. The van der Waals surface area contributed by atoms with E-state index >= 15 is 0 Å². The van der Waals surface area contributed by atoms with E-state index in [1.807, 2.05) is 48.5 Å². The van der Waals surface area contributed by atoms with Crippen LogP contribution in [0, 0.1) is 11.8 Å². The van der Waals surface area contributed by atoms with E-state index in [2.05, 4.69) is 10.2 Å². The lowest BCUT2D eigenvalue weighted by atomic mass is 9.92. The van der Waals surface area contributed by atoms with Crippen LogP contribution >= 0.6 is 24.0 Å². The molecule has 0 bridgehead atoms. The Hall–Kier alpha value is -1.75. The molecule has 0 aliphatic carbocycles. The summed E-state index contributed by atoms with van der Waals surface area (Å²) in [6, 6.07) is 15.5. The van der Waals surface area contributed by atoms with Crippen LogP contribution in [0.2, 0.25) is 5.02 Å². The summed E-state index contributed by atoms with van der Waals surface area (Å²) in [5, 5.41) is 4.20. The highest BCUT2D eigenvalue weighted by Gasteiger charge is 2.31. The second kappa shape index (κ2) is 10.3. The molecule has 1 amide bonds. The van der Waals surface area contributed by atoms with E-state index in [9.17, 15) is 4.79 Å². The number of hydrogen-bond donors (Lipinski definition) is 1. The van der Waals surface area contributed by atoms with Gasteiger partial charge in [-0.1, -0.05) is 35.9 Å². The van der Waals surface area contributed by atoms with Crippen LogP contribution in [0.1, 0.15) is 24.0 Å². The molecule has 2 saturated heterocycles. The standard InChI is InChI=1S/C23H27ClN2O2.ClH/c24-21-6-4-17(5-7-21)16-28-22-3-1-2-18(12-22)13-23(27)26-10-8-19-14-25-15-20(19)9-11-26;/h1-7,12,19-20,25H,8-11,13-16H2;1H/t19-,20+;. The van der Waals surface area contributed by atoms with Gasteiger partial charge in [0.1, 0.15) is 12.4 Å². The van der Waals surface area contributed by atoms with Gasteiger partial charge in [0.2, 0.25) is 5.91 Å². The minimum atomic E-state index is 0. The number of amides is 1. The second-order valence-corrected chi connectivity index (χ2v) is 8.31. The molecule has 156 valence electrons. The maximum absolute atomic E-state index is 12.8. The third-order valence-electron chi connectivity index (χ3n) is 5.94. The van der Waals surface area contributed by atoms with Crippen LogP contribution in [0.25, 0.3) is 0 Å². The van der Waals surface area contributed by atoms with Crippen molar-refractivity contribution in [2.75, 3.05) is 26.2 Å². The zero-order chi connectivity index (χ0) is 19.3. The summed E-state index contributed by atoms with van der Waals surface area (Å²) in [7, 11) is 0. The largest absolute Gasteiger partial charge is 0.489 e. The number of fused-ring (bicyclic) bond motifs is 1. The number of carbonyl (C=O) groups is 1. The Morgan fingerprint density at radius 3 is 2.41 bits per heavy atom. The highest BCUT2D eigenvalue weighted by atomic mass is 35.5. The van der Waals surface area contributed by atoms with Crippen molar-refractivity contribution in [3.63, 3.8) is 0 Å². The number of benzene rings is 2. The van der Waals surface area contributed by atoms with Crippen molar-refractivity contribution in [3.8, 4) is 5.75 Å². The first-order valence-electron chi connectivity index (χ1n) is 10.1. The van der Waals surface area contributed by atoms with Crippen molar-refractivity contribution in [1.29, 1.82) is 0 Å². The van der Waals surface area contributed by atoms with Crippen molar-refractivity contribution < 1.29 is 9.53 Å². The van der Waals surface area contributed by atoms with Crippen molar-refractivity contribution in [2.45, 2.75) is 25.9 Å². The van der Waals surface area contributed by atoms with E-state index in [0.717, 1.165) is 72.8 Å². The Balaban J connectivity index is 0.00000240. The maximum atomic E-state index is 12.8. The zero-order valence-electron chi connectivity index (χ0n) is 16.5. The van der Waals surface area contributed by atoms with Crippen molar-refractivity contribution in [3.05, 3.63) is 64.7 Å². The molecule has 0 aromatic heterocycles. The van der Waals surface area contributed by atoms with Gasteiger partial charge in [0.15, 0.2) is 0 Å². The number of carbonyl (C=O) groups excluding carboxylic acids is 1. The molecule has 6 heteroatoms. The topological polar surface area (TPSA) is 41.6 Å². The summed E-state index contributed by atoms with van der Waals surface area (Å²) in [5.41, 5.74) is 2.07. The lowest BCUT2D eigenvalue weighted by molar-refractivity contribution is -0.130. The quantitative estimate of drug-likeness (QED) is 0.760. The minimum Gasteiger partial charge on any atom is -0.489 e. The van der Waals surface area contributed by atoms with Crippen molar-refractivity contribution in [1.82, 2.24) is 10.2 Å². The Morgan fingerprint density at radius 1 is 1.03 bits per heavy atom. The summed E-state index contributed by atoms with van der Waals surface area (Å²) in [4.78, 5) is 14.9. The SMILES string of the molecule is Cl.O=C(Cc1cccc(OCc2ccc(Cl)cc2)c1)N1CC[C@@H]2CNC[C@@H]2CC1. The molecule has 2 aliphatic heterocycles. The average molecular weight is 435 g/mol. The van der Waals surface area contributed by atoms with E-state index in [1.165, 1.54) is 0 Å². The van der Waals surface area contributed by atoms with Gasteiger partial charge < -0.3 is 15.0 Å². The van der Waals surface area contributed by atoms with Crippen LogP contribution in [-0.2, 0) is 17.8 Å². The minimum absolute atomic E-state index is 0. The fraction of sp³-hybridized carbons (Fsp3) is 0.435. The molecule has 0 unspecified atom stereocenters. The zero-order valence-corrected chi connectivity index (χ0v) is 18.1. The third kappa shape index (κ3) is 5.88. The Kier molecular flexibility index (Phi) is 7.82. The molecule has 4 nitrogen and oxygen atoms in total. The Bertz CT molecular complexity index is 799. The van der Waals surface area contributed by atoms with Gasteiger partial charge in [0.05, 0.1) is 6.42 Å². The normalized spacial score (nSPS) is 21.1. The molecule has 0 spiro atoms. The van der Waals surface area contributed by atoms with Crippen LogP contribution in [0.3, 0.4) is 0 Å². The summed E-state index contributed by atoms with van der Waals surface area (Å²) in [5.74, 6) is 2.49. The number of ether oxygens (including phenoxy) is 1. The molecule has 2 aliphatic rings. The van der Waals surface area contributed by atoms with Crippen LogP contribution in [-0.4, -0.2) is 37.0 Å². The molecule has 29 heavy (non-hydrogen) atoms. The summed E-state index contributed by atoms with van der Waals surface area (Å²) in [6.07, 6.45) is 2.67. The highest BCUT2D eigenvalue weighted by Crippen LogP contribution is 2.27. The number of hydrogen-bond acceptors (Lipinski definition) is 3. The molecule has 0 radical (unpaired) electrons. The monoisotopic (exact) mass is 434 g/mol. The molecule has 0 saturated carbocycles. The Labute approximate surface area is 184 Å². The molecule has 2 atom stereocenters. The summed E-state index contributed by atoms with van der Waals surface area (Å²) < 4.78 is 5.89. The molecule has 2 fully saturated rings. The maximum Gasteiger partial charge on any atom is 0.226 e. The number of halogens is 2. The van der Waals surface area contributed by atoms with Crippen LogP contribution in [0.4, 0.5) is 0 Å². The fourth-order valence-electron chi connectivity index (χ4n) is 4.25. The number of nitrogens with one attached hydrogen (secondary N) is 1. The van der Waals surface area contributed by atoms with Gasteiger partial charge >= 0.3 is 0 Å². The second-order valence-electron chi connectivity index (χ2n) is 7.88. The number of nitrogens with zero attached hydrogens (tertiary/aromatic N) is 1. The van der Waals surface area contributed by atoms with Gasteiger partial charge in [-0.2, -0.15) is 0 Å². The average Bonchev–Trinajstić information content (AvgIpc) is 3.06. The van der Waals surface area contributed by atoms with Gasteiger partial charge in [0.25, 0.3) is 0 Å². The molecule has 1 N–H and O–H groups in total. The smallest absolute Gasteiger partial charge is 0.226 e. The van der Waals surface area contributed by atoms with E-state index in [-0.39, 0.29) is 18.3 Å². The third-order valence-corrected chi connectivity index (χ3v) is 6.20. The van der Waals surface area contributed by atoms with E-state index in [4.69, 9.17) is 16.3 Å².